The van der Waals surface area contributed by atoms with E-state index in [4.69, 9.17) is 0 Å². The molecule has 0 aliphatic carbocycles. The number of hydrogen-bond acceptors (Lipinski definition) is 4. The van der Waals surface area contributed by atoms with Gasteiger partial charge in [0.1, 0.15) is 23.1 Å². The van der Waals surface area contributed by atoms with Crippen LogP contribution in [0.15, 0.2) is 0 Å². The Hall–Kier alpha value is -0.632. The summed E-state index contributed by atoms with van der Waals surface area (Å²) in [5.41, 5.74) is -1.61. The number of hydrogen-bond donors (Lipinski definition) is 0. The van der Waals surface area contributed by atoms with Gasteiger partial charge in [0.2, 0.25) is 0 Å². The molecule has 5 heteroatoms. The topological polar surface area (TPSA) is 68.3 Å². The number of carbonyl (C=O) groups excluding carboxylic acids is 4. The van der Waals surface area contributed by atoms with E-state index in [9.17, 15) is 19.2 Å². The Morgan fingerprint density at radius 3 is 0.593 bits per heavy atom. The molecule has 0 unspecified atom stereocenters. The molecule has 0 aliphatic heterocycles. The van der Waals surface area contributed by atoms with Crippen LogP contribution in [0.3, 0.4) is 0 Å². The zero-order valence-corrected chi connectivity index (χ0v) is 21.6. The average Bonchev–Trinajstić information content (AvgIpc) is 2.34. The number of ketones is 4. The zero-order chi connectivity index (χ0) is 21.7. The van der Waals surface area contributed by atoms with Gasteiger partial charge in [-0.1, -0.05) is 83.1 Å². The summed E-state index contributed by atoms with van der Waals surface area (Å²) in [5.74, 6) is 0.0831. The maximum absolute atomic E-state index is 11.5. The van der Waals surface area contributed by atoms with E-state index in [2.05, 4.69) is 0 Å². The standard InChI is InChI=1S/2C11H20O2.Pt/c2*1-10(2,3)8(12)7-9(13)11(4,5)6;/h2*7H2,1-6H3;. The van der Waals surface area contributed by atoms with Gasteiger partial charge in [-0.2, -0.15) is 0 Å². The Bertz CT molecular complexity index is 435. The maximum Gasteiger partial charge on any atom is 0.145 e. The predicted molar refractivity (Wildman–Crippen MR) is 107 cm³/mol. The molecule has 162 valence electrons. The fourth-order valence-corrected chi connectivity index (χ4v) is 1.35. The number of rotatable bonds is 4. The van der Waals surface area contributed by atoms with Crippen molar-refractivity contribution < 1.29 is 40.2 Å². The molecule has 0 radical (unpaired) electrons. The molecule has 0 heterocycles. The molecule has 0 N–H and O–H groups in total. The number of Topliss-reactive ketones (excluding diaryl/α,β-unsaturated/α-hetero) is 4. The molecule has 0 saturated heterocycles. The van der Waals surface area contributed by atoms with Crippen molar-refractivity contribution in [2.45, 2.75) is 95.9 Å². The van der Waals surface area contributed by atoms with Crippen LogP contribution < -0.4 is 0 Å². The first-order valence-corrected chi connectivity index (χ1v) is 9.23. The SMILES string of the molecule is CC(C)(C)C(=O)CC(=O)C(C)(C)C.CC(C)(C)C(=O)CC(=O)C(C)(C)C.[Pt]. The molecule has 0 aromatic heterocycles. The largest absolute Gasteiger partial charge is 0.299 e. The van der Waals surface area contributed by atoms with Gasteiger partial charge in [-0.25, -0.2) is 0 Å². The summed E-state index contributed by atoms with van der Waals surface area (Å²) in [5, 5.41) is 0. The van der Waals surface area contributed by atoms with Crippen molar-refractivity contribution >= 4 is 23.1 Å². The van der Waals surface area contributed by atoms with Crippen LogP contribution in [0.4, 0.5) is 0 Å². The third-order valence-electron chi connectivity index (χ3n) is 3.99. The molecule has 0 aromatic carbocycles. The van der Waals surface area contributed by atoms with Crippen LogP contribution >= 0.6 is 0 Å². The van der Waals surface area contributed by atoms with Gasteiger partial charge in [0, 0.05) is 42.7 Å². The van der Waals surface area contributed by atoms with Crippen molar-refractivity contribution in [2.75, 3.05) is 0 Å². The summed E-state index contributed by atoms with van der Waals surface area (Å²) in [4.78, 5) is 46.0. The van der Waals surface area contributed by atoms with Gasteiger partial charge in [-0.05, 0) is 0 Å². The Balaban J connectivity index is -0.000000411. The van der Waals surface area contributed by atoms with Gasteiger partial charge < -0.3 is 0 Å². The molecule has 0 saturated carbocycles. The van der Waals surface area contributed by atoms with Gasteiger partial charge in [-0.3, -0.25) is 19.2 Å². The van der Waals surface area contributed by atoms with E-state index >= 15 is 0 Å². The fourth-order valence-electron chi connectivity index (χ4n) is 1.35. The summed E-state index contributed by atoms with van der Waals surface area (Å²) in [6, 6.07) is 0. The molecule has 0 fully saturated rings. The molecule has 0 spiro atoms. The predicted octanol–water partition coefficient (Wildman–Crippen LogP) is 5.21. The van der Waals surface area contributed by atoms with Crippen molar-refractivity contribution in [1.82, 2.24) is 0 Å². The Morgan fingerprint density at radius 1 is 0.407 bits per heavy atom. The van der Waals surface area contributed by atoms with Crippen LogP contribution in [0.25, 0.3) is 0 Å². The zero-order valence-electron chi connectivity index (χ0n) is 19.4. The third kappa shape index (κ3) is 14.1. The smallest absolute Gasteiger partial charge is 0.145 e. The van der Waals surface area contributed by atoms with E-state index < -0.39 is 21.7 Å². The van der Waals surface area contributed by atoms with Gasteiger partial charge in [0.25, 0.3) is 0 Å². The molecule has 0 aliphatic rings. The van der Waals surface area contributed by atoms with Crippen LogP contribution in [-0.2, 0) is 40.2 Å². The van der Waals surface area contributed by atoms with Gasteiger partial charge in [-0.15, -0.1) is 0 Å². The van der Waals surface area contributed by atoms with E-state index in [0.717, 1.165) is 0 Å². The normalized spacial score (nSPS) is 12.3. The van der Waals surface area contributed by atoms with Crippen molar-refractivity contribution in [3.05, 3.63) is 0 Å². The summed E-state index contributed by atoms with van der Waals surface area (Å²) in [6.07, 6.45) is 0.125. The Morgan fingerprint density at radius 2 is 0.519 bits per heavy atom. The first kappa shape index (κ1) is 31.1. The summed E-state index contributed by atoms with van der Waals surface area (Å²) in [7, 11) is 0. The third-order valence-corrected chi connectivity index (χ3v) is 3.99. The molecular formula is C22H40O4Pt. The minimum atomic E-state index is -0.402. The average molecular weight is 564 g/mol. The molecule has 0 rings (SSSR count). The Labute approximate surface area is 180 Å². The van der Waals surface area contributed by atoms with E-state index in [1.54, 1.807) is 0 Å². The van der Waals surface area contributed by atoms with Crippen molar-refractivity contribution in [2.24, 2.45) is 21.7 Å². The molecule has 27 heavy (non-hydrogen) atoms. The molecule has 0 aromatic rings. The van der Waals surface area contributed by atoms with Crippen molar-refractivity contribution in [3.8, 4) is 0 Å². The van der Waals surface area contributed by atoms with Crippen LogP contribution in [0, 0.1) is 21.7 Å². The maximum atomic E-state index is 11.5. The second-order valence-corrected chi connectivity index (χ2v) is 11.0. The quantitative estimate of drug-likeness (QED) is 0.441. The summed E-state index contributed by atoms with van der Waals surface area (Å²) >= 11 is 0. The first-order valence-electron chi connectivity index (χ1n) is 9.23. The van der Waals surface area contributed by atoms with E-state index in [1.807, 2.05) is 83.1 Å². The van der Waals surface area contributed by atoms with Gasteiger partial charge in [0.05, 0.1) is 12.8 Å². The van der Waals surface area contributed by atoms with Crippen LogP contribution in [0.1, 0.15) is 95.9 Å². The molecule has 4 nitrogen and oxygen atoms in total. The molecule has 0 bridgehead atoms. The summed E-state index contributed by atoms with van der Waals surface area (Å²) < 4.78 is 0. The van der Waals surface area contributed by atoms with E-state index in [1.165, 1.54) is 0 Å². The van der Waals surface area contributed by atoms with Crippen molar-refractivity contribution in [1.29, 1.82) is 0 Å². The van der Waals surface area contributed by atoms with Crippen LogP contribution in [0.5, 0.6) is 0 Å². The molecule has 0 amide bonds. The summed E-state index contributed by atoms with van der Waals surface area (Å²) in [6.45, 7) is 22.1. The Kier molecular flexibility index (Phi) is 12.4. The van der Waals surface area contributed by atoms with Gasteiger partial charge in [0.15, 0.2) is 0 Å². The molecular weight excluding hydrogens is 523 g/mol. The van der Waals surface area contributed by atoms with E-state index in [-0.39, 0.29) is 57.0 Å². The van der Waals surface area contributed by atoms with Crippen molar-refractivity contribution in [3.63, 3.8) is 0 Å². The monoisotopic (exact) mass is 563 g/mol. The number of carbonyl (C=O) groups is 4. The van der Waals surface area contributed by atoms with Crippen LogP contribution in [-0.4, -0.2) is 23.1 Å². The van der Waals surface area contributed by atoms with Crippen LogP contribution in [0.2, 0.25) is 0 Å². The minimum absolute atomic E-state index is 0. The molecule has 0 atom stereocenters. The fraction of sp³-hybridized carbons (Fsp3) is 0.818. The second-order valence-electron chi connectivity index (χ2n) is 11.0. The van der Waals surface area contributed by atoms with Gasteiger partial charge >= 0.3 is 0 Å². The second kappa shape index (κ2) is 10.8. The van der Waals surface area contributed by atoms with E-state index in [0.29, 0.717) is 0 Å². The minimum Gasteiger partial charge on any atom is -0.299 e. The first-order chi connectivity index (χ1) is 11.1.